The second-order valence-electron chi connectivity index (χ2n) is 5.46. The first-order chi connectivity index (χ1) is 11.7. The van der Waals surface area contributed by atoms with Gasteiger partial charge in [0.2, 0.25) is 0 Å². The molecule has 24 heavy (non-hydrogen) atoms. The van der Waals surface area contributed by atoms with Crippen molar-refractivity contribution in [2.45, 2.75) is 11.0 Å². The van der Waals surface area contributed by atoms with Crippen molar-refractivity contribution in [1.29, 1.82) is 0 Å². The van der Waals surface area contributed by atoms with Crippen LogP contribution >= 0.6 is 11.8 Å². The standard InChI is InChI=1S/C20H20O3S/c1-22-18-8-10-20(11-9-18)24-14-17(21)13-23-19-7-6-15-4-2-3-5-16(15)12-19/h2-12,17,21H,13-14H2,1H3. The van der Waals surface area contributed by atoms with Gasteiger partial charge in [-0.1, -0.05) is 30.3 Å². The van der Waals surface area contributed by atoms with E-state index in [1.807, 2.05) is 54.6 Å². The van der Waals surface area contributed by atoms with Gasteiger partial charge in [0.05, 0.1) is 13.2 Å². The van der Waals surface area contributed by atoms with Crippen LogP contribution in [0.3, 0.4) is 0 Å². The van der Waals surface area contributed by atoms with Gasteiger partial charge >= 0.3 is 0 Å². The number of hydrogen-bond acceptors (Lipinski definition) is 4. The van der Waals surface area contributed by atoms with Crippen LogP contribution in [0.4, 0.5) is 0 Å². The Morgan fingerprint density at radius 2 is 1.62 bits per heavy atom. The molecule has 0 saturated heterocycles. The molecule has 124 valence electrons. The molecule has 0 aliphatic rings. The van der Waals surface area contributed by atoms with Gasteiger partial charge in [-0.05, 0) is 47.2 Å². The monoisotopic (exact) mass is 340 g/mol. The third-order valence-corrected chi connectivity index (χ3v) is 4.82. The molecule has 0 bridgehead atoms. The van der Waals surface area contributed by atoms with E-state index in [9.17, 15) is 5.11 Å². The summed E-state index contributed by atoms with van der Waals surface area (Å²) in [5.41, 5.74) is 0. The lowest BCUT2D eigenvalue weighted by molar-refractivity contribution is 0.126. The highest BCUT2D eigenvalue weighted by atomic mass is 32.2. The molecule has 0 aromatic heterocycles. The van der Waals surface area contributed by atoms with Gasteiger partial charge in [0.1, 0.15) is 18.1 Å². The van der Waals surface area contributed by atoms with Gasteiger partial charge in [-0.15, -0.1) is 11.8 Å². The van der Waals surface area contributed by atoms with E-state index in [4.69, 9.17) is 9.47 Å². The van der Waals surface area contributed by atoms with Crippen LogP contribution in [0, 0.1) is 0 Å². The van der Waals surface area contributed by atoms with E-state index < -0.39 is 6.10 Å². The van der Waals surface area contributed by atoms with Crippen LogP contribution in [-0.2, 0) is 0 Å². The molecule has 4 heteroatoms. The average molecular weight is 340 g/mol. The van der Waals surface area contributed by atoms with E-state index >= 15 is 0 Å². The molecule has 1 N–H and O–H groups in total. The number of rotatable bonds is 7. The van der Waals surface area contributed by atoms with Gasteiger partial charge in [-0.3, -0.25) is 0 Å². The summed E-state index contributed by atoms with van der Waals surface area (Å²) in [6.45, 7) is 0.279. The zero-order valence-corrected chi connectivity index (χ0v) is 14.3. The number of aliphatic hydroxyl groups excluding tert-OH is 1. The SMILES string of the molecule is COc1ccc(SCC(O)COc2ccc3ccccc3c2)cc1. The van der Waals surface area contributed by atoms with Crippen molar-refractivity contribution in [3.63, 3.8) is 0 Å². The molecule has 1 unspecified atom stereocenters. The first-order valence-corrected chi connectivity index (χ1v) is 8.80. The summed E-state index contributed by atoms with van der Waals surface area (Å²) in [6.07, 6.45) is -0.524. The van der Waals surface area contributed by atoms with Crippen molar-refractivity contribution in [2.24, 2.45) is 0 Å². The number of hydrogen-bond donors (Lipinski definition) is 1. The van der Waals surface area contributed by atoms with Crippen LogP contribution in [0.15, 0.2) is 71.6 Å². The topological polar surface area (TPSA) is 38.7 Å². The smallest absolute Gasteiger partial charge is 0.120 e. The van der Waals surface area contributed by atoms with E-state index in [0.29, 0.717) is 5.75 Å². The number of ether oxygens (including phenoxy) is 2. The summed E-state index contributed by atoms with van der Waals surface area (Å²) in [7, 11) is 1.65. The second kappa shape index (κ2) is 8.08. The lowest BCUT2D eigenvalue weighted by Gasteiger charge is -2.13. The maximum atomic E-state index is 10.1. The first-order valence-electron chi connectivity index (χ1n) is 7.81. The first kappa shape index (κ1) is 16.7. The maximum Gasteiger partial charge on any atom is 0.120 e. The molecule has 0 fully saturated rings. The number of thioether (sulfide) groups is 1. The van der Waals surface area contributed by atoms with Crippen molar-refractivity contribution in [3.05, 3.63) is 66.7 Å². The Balaban J connectivity index is 1.49. The minimum absolute atomic E-state index is 0.279. The highest BCUT2D eigenvalue weighted by Gasteiger charge is 2.07. The summed E-state index contributed by atoms with van der Waals surface area (Å²) in [5, 5.41) is 12.4. The fourth-order valence-corrected chi connectivity index (χ4v) is 3.17. The van der Waals surface area contributed by atoms with Gasteiger partial charge in [-0.25, -0.2) is 0 Å². The summed E-state index contributed by atoms with van der Waals surface area (Å²) in [6, 6.07) is 21.9. The predicted molar refractivity (Wildman–Crippen MR) is 99.2 cm³/mol. The molecule has 3 aromatic rings. The quantitative estimate of drug-likeness (QED) is 0.648. The van der Waals surface area contributed by atoms with Crippen LogP contribution in [0.2, 0.25) is 0 Å². The maximum absolute atomic E-state index is 10.1. The molecule has 0 amide bonds. The largest absolute Gasteiger partial charge is 0.497 e. The fourth-order valence-electron chi connectivity index (χ4n) is 2.36. The molecule has 0 aliphatic heterocycles. The summed E-state index contributed by atoms with van der Waals surface area (Å²) in [4.78, 5) is 1.10. The van der Waals surface area contributed by atoms with Crippen molar-refractivity contribution < 1.29 is 14.6 Å². The molecule has 3 nitrogen and oxygen atoms in total. The Hall–Kier alpha value is -2.17. The number of aliphatic hydroxyl groups is 1. The second-order valence-corrected chi connectivity index (χ2v) is 6.55. The van der Waals surface area contributed by atoms with Gasteiger partial charge in [-0.2, -0.15) is 0 Å². The molecule has 3 rings (SSSR count). The lowest BCUT2D eigenvalue weighted by Crippen LogP contribution is -2.20. The van der Waals surface area contributed by atoms with Crippen LogP contribution in [-0.4, -0.2) is 30.7 Å². The molecule has 0 saturated carbocycles. The molecule has 0 heterocycles. The van der Waals surface area contributed by atoms with E-state index in [1.54, 1.807) is 18.9 Å². The van der Waals surface area contributed by atoms with Crippen molar-refractivity contribution in [3.8, 4) is 11.5 Å². The van der Waals surface area contributed by atoms with Gasteiger partial charge in [0, 0.05) is 10.6 Å². The van der Waals surface area contributed by atoms with Crippen molar-refractivity contribution in [2.75, 3.05) is 19.5 Å². The zero-order valence-electron chi connectivity index (χ0n) is 13.5. The normalized spacial score (nSPS) is 12.1. The van der Waals surface area contributed by atoms with E-state index in [-0.39, 0.29) is 6.61 Å². The third kappa shape index (κ3) is 4.43. The lowest BCUT2D eigenvalue weighted by atomic mass is 10.1. The Kier molecular flexibility index (Phi) is 5.62. The average Bonchev–Trinajstić information content (AvgIpc) is 2.65. The fraction of sp³-hybridized carbons (Fsp3) is 0.200. The highest BCUT2D eigenvalue weighted by molar-refractivity contribution is 7.99. The third-order valence-electron chi connectivity index (χ3n) is 3.67. The predicted octanol–water partition coefficient (Wildman–Crippen LogP) is 4.38. The summed E-state index contributed by atoms with van der Waals surface area (Å²) < 4.78 is 10.9. The zero-order chi connectivity index (χ0) is 16.8. The van der Waals surface area contributed by atoms with Gasteiger partial charge in [0.15, 0.2) is 0 Å². The van der Waals surface area contributed by atoms with Gasteiger partial charge < -0.3 is 14.6 Å². The minimum atomic E-state index is -0.524. The van der Waals surface area contributed by atoms with E-state index in [1.165, 1.54) is 5.39 Å². The van der Waals surface area contributed by atoms with Crippen LogP contribution in [0.5, 0.6) is 11.5 Å². The van der Waals surface area contributed by atoms with Crippen molar-refractivity contribution in [1.82, 2.24) is 0 Å². The molecule has 1 atom stereocenters. The summed E-state index contributed by atoms with van der Waals surface area (Å²) >= 11 is 1.60. The molecule has 3 aromatic carbocycles. The molecule has 0 aliphatic carbocycles. The highest BCUT2D eigenvalue weighted by Crippen LogP contribution is 2.23. The molecule has 0 radical (unpaired) electrons. The van der Waals surface area contributed by atoms with E-state index in [0.717, 1.165) is 21.8 Å². The molecule has 0 spiro atoms. The van der Waals surface area contributed by atoms with Gasteiger partial charge in [0.25, 0.3) is 0 Å². The minimum Gasteiger partial charge on any atom is -0.497 e. The Morgan fingerprint density at radius 3 is 2.38 bits per heavy atom. The summed E-state index contributed by atoms with van der Waals surface area (Å²) in [5.74, 6) is 2.20. The Morgan fingerprint density at radius 1 is 0.917 bits per heavy atom. The number of fused-ring (bicyclic) bond motifs is 1. The number of benzene rings is 3. The van der Waals surface area contributed by atoms with E-state index in [2.05, 4.69) is 12.1 Å². The molecular weight excluding hydrogens is 320 g/mol. The molecular formula is C20H20O3S. The van der Waals surface area contributed by atoms with Crippen LogP contribution < -0.4 is 9.47 Å². The van der Waals surface area contributed by atoms with Crippen LogP contribution in [0.25, 0.3) is 10.8 Å². The Bertz CT molecular complexity index is 786. The Labute approximate surface area is 146 Å². The van der Waals surface area contributed by atoms with Crippen molar-refractivity contribution >= 4 is 22.5 Å². The number of methoxy groups -OCH3 is 1. The van der Waals surface area contributed by atoms with Crippen LogP contribution in [0.1, 0.15) is 0 Å².